The Morgan fingerprint density at radius 2 is 2.27 bits per heavy atom. The molecule has 1 rings (SSSR count). The number of allylic oxidation sites excluding steroid dienone is 4. The van der Waals surface area contributed by atoms with E-state index in [4.69, 9.17) is 40.1 Å². The average molecular weight is 208 g/mol. The first kappa shape index (κ1) is 8.93. The number of hydrogen-bond donors (Lipinski definition) is 0. The van der Waals surface area contributed by atoms with Crippen LogP contribution < -0.4 is 0 Å². The quantitative estimate of drug-likeness (QED) is 0.562. The van der Waals surface area contributed by atoms with E-state index in [2.05, 4.69) is 0 Å². The zero-order valence-corrected chi connectivity index (χ0v) is 7.66. The zero-order chi connectivity index (χ0) is 8.48. The van der Waals surface area contributed by atoms with Gasteiger partial charge in [-0.3, -0.25) is 0 Å². The van der Waals surface area contributed by atoms with Crippen molar-refractivity contribution in [3.63, 3.8) is 0 Å². The van der Waals surface area contributed by atoms with Crippen LogP contribution in [0.3, 0.4) is 0 Å². The summed E-state index contributed by atoms with van der Waals surface area (Å²) in [5.74, 6) is 0. The van der Waals surface area contributed by atoms with Crippen molar-refractivity contribution in [2.24, 2.45) is 0 Å². The molecule has 1 nitrogen and oxygen atoms in total. The second kappa shape index (κ2) is 3.06. The summed E-state index contributed by atoms with van der Waals surface area (Å²) < 4.78 is 0. The standard InChI is InChI=1S/C7H4Cl3N/c8-5-2-1-3-7(10,4-11)6(5)9/h1-3,6H. The first-order chi connectivity index (χ1) is 5.10. The minimum Gasteiger partial charge on any atom is -0.196 e. The van der Waals surface area contributed by atoms with Gasteiger partial charge in [-0.05, 0) is 12.2 Å². The third kappa shape index (κ3) is 1.54. The summed E-state index contributed by atoms with van der Waals surface area (Å²) in [4.78, 5) is -1.19. The fourth-order valence-electron chi connectivity index (χ4n) is 0.744. The van der Waals surface area contributed by atoms with E-state index in [1.165, 1.54) is 6.08 Å². The van der Waals surface area contributed by atoms with E-state index in [9.17, 15) is 0 Å². The molecule has 0 aromatic carbocycles. The Bertz CT molecular complexity index is 263. The summed E-state index contributed by atoms with van der Waals surface area (Å²) in [7, 11) is 0. The van der Waals surface area contributed by atoms with Crippen LogP contribution in [0.2, 0.25) is 0 Å². The molecular formula is C7H4Cl3N. The van der Waals surface area contributed by atoms with Gasteiger partial charge < -0.3 is 0 Å². The highest BCUT2D eigenvalue weighted by atomic mass is 35.5. The van der Waals surface area contributed by atoms with Gasteiger partial charge in [-0.15, -0.1) is 11.6 Å². The molecule has 0 radical (unpaired) electrons. The van der Waals surface area contributed by atoms with Crippen LogP contribution in [0.4, 0.5) is 0 Å². The third-order valence-corrected chi connectivity index (χ3v) is 2.95. The van der Waals surface area contributed by atoms with Crippen molar-refractivity contribution < 1.29 is 0 Å². The molecular weight excluding hydrogens is 204 g/mol. The van der Waals surface area contributed by atoms with Crippen molar-refractivity contribution in [1.29, 1.82) is 5.26 Å². The maximum Gasteiger partial charge on any atom is 0.170 e. The molecule has 0 saturated carbocycles. The van der Waals surface area contributed by atoms with Gasteiger partial charge in [-0.2, -0.15) is 5.26 Å². The smallest absolute Gasteiger partial charge is 0.170 e. The molecule has 4 heteroatoms. The minimum atomic E-state index is -1.19. The van der Waals surface area contributed by atoms with Crippen molar-refractivity contribution >= 4 is 34.8 Å². The summed E-state index contributed by atoms with van der Waals surface area (Å²) in [6, 6.07) is 1.88. The van der Waals surface area contributed by atoms with E-state index in [1.807, 2.05) is 6.07 Å². The lowest BCUT2D eigenvalue weighted by molar-refractivity contribution is 0.877. The van der Waals surface area contributed by atoms with Gasteiger partial charge in [0.25, 0.3) is 0 Å². The van der Waals surface area contributed by atoms with Crippen LogP contribution >= 0.6 is 34.8 Å². The first-order valence-electron chi connectivity index (χ1n) is 2.89. The van der Waals surface area contributed by atoms with Crippen molar-refractivity contribution in [3.8, 4) is 6.07 Å². The van der Waals surface area contributed by atoms with Gasteiger partial charge in [-0.1, -0.05) is 29.3 Å². The molecule has 0 saturated heterocycles. The molecule has 0 spiro atoms. The molecule has 2 atom stereocenters. The number of alkyl halides is 2. The average Bonchev–Trinajstić information content (AvgIpc) is 2.00. The lowest BCUT2D eigenvalue weighted by Gasteiger charge is -2.22. The molecule has 1 aliphatic rings. The number of halogens is 3. The Kier molecular flexibility index (Phi) is 2.49. The molecule has 0 aromatic rings. The van der Waals surface area contributed by atoms with Crippen LogP contribution in [0, 0.1) is 11.3 Å². The number of hydrogen-bond acceptors (Lipinski definition) is 1. The monoisotopic (exact) mass is 207 g/mol. The molecule has 0 N–H and O–H groups in total. The number of nitriles is 1. The molecule has 2 unspecified atom stereocenters. The lowest BCUT2D eigenvalue weighted by Crippen LogP contribution is -2.30. The highest BCUT2D eigenvalue weighted by Crippen LogP contribution is 2.35. The van der Waals surface area contributed by atoms with Crippen molar-refractivity contribution in [1.82, 2.24) is 0 Å². The Balaban J connectivity index is 3.00. The van der Waals surface area contributed by atoms with E-state index < -0.39 is 10.3 Å². The minimum absolute atomic E-state index is 0.394. The topological polar surface area (TPSA) is 23.8 Å². The highest BCUT2D eigenvalue weighted by Gasteiger charge is 2.36. The van der Waals surface area contributed by atoms with E-state index in [0.717, 1.165) is 0 Å². The first-order valence-corrected chi connectivity index (χ1v) is 4.08. The molecule has 0 amide bonds. The van der Waals surface area contributed by atoms with E-state index in [0.29, 0.717) is 5.03 Å². The summed E-state index contributed by atoms with van der Waals surface area (Å²) in [5.41, 5.74) is 0. The van der Waals surface area contributed by atoms with E-state index in [1.54, 1.807) is 12.2 Å². The maximum atomic E-state index is 8.63. The zero-order valence-electron chi connectivity index (χ0n) is 5.39. The van der Waals surface area contributed by atoms with Crippen LogP contribution in [0.15, 0.2) is 23.3 Å². The van der Waals surface area contributed by atoms with Gasteiger partial charge in [0, 0.05) is 5.03 Å². The Morgan fingerprint density at radius 1 is 1.64 bits per heavy atom. The second-order valence-corrected chi connectivity index (χ2v) is 3.65. The van der Waals surface area contributed by atoms with Gasteiger partial charge in [0.1, 0.15) is 5.38 Å². The van der Waals surface area contributed by atoms with Crippen LogP contribution in [0.25, 0.3) is 0 Å². The van der Waals surface area contributed by atoms with Gasteiger partial charge in [0.15, 0.2) is 4.87 Å². The fraction of sp³-hybridized carbons (Fsp3) is 0.286. The van der Waals surface area contributed by atoms with Crippen molar-refractivity contribution in [3.05, 3.63) is 23.3 Å². The molecule has 58 valence electrons. The second-order valence-electron chi connectivity index (χ2n) is 2.15. The predicted molar refractivity (Wildman–Crippen MR) is 46.9 cm³/mol. The molecule has 1 aliphatic carbocycles. The largest absolute Gasteiger partial charge is 0.196 e. The number of rotatable bonds is 0. The van der Waals surface area contributed by atoms with Crippen LogP contribution in [0.1, 0.15) is 0 Å². The van der Waals surface area contributed by atoms with E-state index in [-0.39, 0.29) is 0 Å². The Labute approximate surface area is 79.8 Å². The van der Waals surface area contributed by atoms with Gasteiger partial charge in [-0.25, -0.2) is 0 Å². The SMILES string of the molecule is N#CC1(Cl)C=CC=C(Cl)C1Cl. The fourth-order valence-corrected chi connectivity index (χ4v) is 1.43. The molecule has 0 aliphatic heterocycles. The van der Waals surface area contributed by atoms with Crippen molar-refractivity contribution in [2.45, 2.75) is 10.3 Å². The van der Waals surface area contributed by atoms with Crippen molar-refractivity contribution in [2.75, 3.05) is 0 Å². The normalized spacial score (nSPS) is 36.2. The van der Waals surface area contributed by atoms with Crippen LogP contribution in [0.5, 0.6) is 0 Å². The molecule has 0 aromatic heterocycles. The Hall–Kier alpha value is -0.160. The van der Waals surface area contributed by atoms with Crippen LogP contribution in [-0.4, -0.2) is 10.3 Å². The lowest BCUT2D eigenvalue weighted by atomic mass is 10.0. The maximum absolute atomic E-state index is 8.63. The molecule has 0 bridgehead atoms. The predicted octanol–water partition coefficient (Wildman–Crippen LogP) is 2.79. The highest BCUT2D eigenvalue weighted by molar-refractivity contribution is 6.43. The summed E-state index contributed by atoms with van der Waals surface area (Å²) in [6.07, 6.45) is 4.77. The van der Waals surface area contributed by atoms with Gasteiger partial charge in [0.05, 0.1) is 6.07 Å². The van der Waals surface area contributed by atoms with Gasteiger partial charge in [0.2, 0.25) is 0 Å². The van der Waals surface area contributed by atoms with Gasteiger partial charge >= 0.3 is 0 Å². The van der Waals surface area contributed by atoms with E-state index >= 15 is 0 Å². The third-order valence-electron chi connectivity index (χ3n) is 1.38. The molecule has 11 heavy (non-hydrogen) atoms. The van der Waals surface area contributed by atoms with Crippen LogP contribution in [-0.2, 0) is 0 Å². The number of nitrogens with zero attached hydrogens (tertiary/aromatic N) is 1. The summed E-state index contributed by atoms with van der Waals surface area (Å²) >= 11 is 17.2. The molecule has 0 fully saturated rings. The molecule has 0 heterocycles. The Morgan fingerprint density at radius 3 is 2.73 bits per heavy atom. The summed E-state index contributed by atoms with van der Waals surface area (Å²) in [5, 5.41) is 8.38. The summed E-state index contributed by atoms with van der Waals surface area (Å²) in [6.45, 7) is 0.